The summed E-state index contributed by atoms with van der Waals surface area (Å²) in [5, 5.41) is 18.1. The van der Waals surface area contributed by atoms with E-state index in [1.54, 1.807) is 23.1 Å². The Kier molecular flexibility index (Phi) is 15.1. The normalized spacial score (nSPS) is 15.3. The number of benzene rings is 2. The summed E-state index contributed by atoms with van der Waals surface area (Å²) < 4.78 is 0. The number of anilines is 3. The van der Waals surface area contributed by atoms with Gasteiger partial charge in [-0.2, -0.15) is 0 Å². The van der Waals surface area contributed by atoms with Crippen LogP contribution in [0.3, 0.4) is 0 Å². The fourth-order valence-corrected chi connectivity index (χ4v) is 6.50. The molecule has 2 aliphatic carbocycles. The van der Waals surface area contributed by atoms with Crippen molar-refractivity contribution in [2.45, 2.75) is 91.9 Å². The van der Waals surface area contributed by atoms with Gasteiger partial charge < -0.3 is 26.2 Å². The van der Waals surface area contributed by atoms with E-state index >= 15 is 0 Å². The molecule has 2 fully saturated rings. The number of nitrogen functional groups attached to an aromatic ring is 1. The smallest absolute Gasteiger partial charge is 0.293 e. The van der Waals surface area contributed by atoms with Gasteiger partial charge >= 0.3 is 0 Å². The Bertz CT molecular complexity index is 1270. The van der Waals surface area contributed by atoms with E-state index in [-0.39, 0.29) is 17.5 Å². The Morgan fingerprint density at radius 1 is 0.717 bits per heavy atom. The second-order valence-corrected chi connectivity index (χ2v) is 12.5. The zero-order valence-electron chi connectivity index (χ0n) is 28.5. The second-order valence-electron chi connectivity index (χ2n) is 12.5. The number of nitrogens with two attached hydrogens (primary N) is 1. The Labute approximate surface area is 275 Å². The number of nitro benzene ring substituents is 1. The van der Waals surface area contributed by atoms with E-state index in [1.165, 1.54) is 70.3 Å². The molecule has 0 heterocycles. The number of hydrogen-bond acceptors (Lipinski definition) is 7. The van der Waals surface area contributed by atoms with Crippen molar-refractivity contribution < 1.29 is 14.5 Å². The highest BCUT2D eigenvalue weighted by atomic mass is 16.6. The lowest BCUT2D eigenvalue weighted by Gasteiger charge is -2.23. The van der Waals surface area contributed by atoms with E-state index < -0.39 is 4.92 Å². The van der Waals surface area contributed by atoms with Crippen LogP contribution in [0.25, 0.3) is 0 Å². The van der Waals surface area contributed by atoms with Crippen LogP contribution in [0.2, 0.25) is 0 Å². The number of amides is 2. The molecule has 46 heavy (non-hydrogen) atoms. The first kappa shape index (κ1) is 36.6. The molecule has 4 rings (SSSR count). The fourth-order valence-electron chi connectivity index (χ4n) is 6.50. The number of carbonyl (C=O) groups excluding carboxylic acids is 2. The van der Waals surface area contributed by atoms with Gasteiger partial charge in [-0.1, -0.05) is 38.5 Å². The van der Waals surface area contributed by atoms with Crippen molar-refractivity contribution in [1.29, 1.82) is 0 Å². The number of nitrogens with zero attached hydrogens (tertiary/aromatic N) is 3. The third-order valence-corrected chi connectivity index (χ3v) is 9.45. The highest BCUT2D eigenvalue weighted by molar-refractivity contribution is 5.96. The molecule has 0 unspecified atom stereocenters. The molecular weight excluding hydrogens is 580 g/mol. The van der Waals surface area contributed by atoms with Crippen LogP contribution in [0.1, 0.15) is 113 Å². The maximum Gasteiger partial charge on any atom is 0.293 e. The van der Waals surface area contributed by atoms with Crippen molar-refractivity contribution in [3.8, 4) is 0 Å². The molecule has 254 valence electrons. The Hall–Kier alpha value is -3.82. The monoisotopic (exact) mass is 636 g/mol. The minimum absolute atomic E-state index is 0.0242. The largest absolute Gasteiger partial charge is 0.397 e. The van der Waals surface area contributed by atoms with Crippen LogP contribution in [0.5, 0.6) is 0 Å². The standard InChI is InChI=1S/C18H27N3O3.C18H29N3O/c1-3-20(4-2)18(22)15-10-11-16(17(12-15)21(23)24)19-13-14-8-6-5-7-9-14;1-3-21(4-2)18(22)15-10-11-17(16(19)12-15)20-13-14-8-6-5-7-9-14/h10-12,14,19H,3-9,13H2,1-2H3;10-12,14,20H,3-9,13,19H2,1-2H3. The Balaban J connectivity index is 0.000000251. The lowest BCUT2D eigenvalue weighted by molar-refractivity contribution is -0.384. The van der Waals surface area contributed by atoms with Crippen LogP contribution >= 0.6 is 0 Å². The first-order chi connectivity index (χ1) is 22.2. The molecule has 4 N–H and O–H groups in total. The van der Waals surface area contributed by atoms with Gasteiger partial charge in [-0.25, -0.2) is 0 Å². The molecule has 10 heteroatoms. The van der Waals surface area contributed by atoms with Crippen molar-refractivity contribution in [2.24, 2.45) is 11.8 Å². The molecule has 0 spiro atoms. The second kappa shape index (κ2) is 19.0. The van der Waals surface area contributed by atoms with E-state index in [4.69, 9.17) is 5.73 Å². The molecule has 0 atom stereocenters. The predicted molar refractivity (Wildman–Crippen MR) is 189 cm³/mol. The van der Waals surface area contributed by atoms with Gasteiger partial charge in [-0.3, -0.25) is 19.7 Å². The van der Waals surface area contributed by atoms with Crippen LogP contribution in [0.4, 0.5) is 22.7 Å². The highest BCUT2D eigenvalue weighted by Crippen LogP contribution is 2.29. The number of rotatable bonds is 13. The van der Waals surface area contributed by atoms with Crippen LogP contribution < -0.4 is 16.4 Å². The van der Waals surface area contributed by atoms with Crippen LogP contribution in [-0.4, -0.2) is 65.8 Å². The summed E-state index contributed by atoms with van der Waals surface area (Å²) in [7, 11) is 0. The molecule has 0 radical (unpaired) electrons. The number of nitro groups is 1. The summed E-state index contributed by atoms with van der Waals surface area (Å²) >= 11 is 0. The number of nitrogens with one attached hydrogen (secondary N) is 2. The molecule has 10 nitrogen and oxygen atoms in total. The molecule has 2 aromatic rings. The summed E-state index contributed by atoms with van der Waals surface area (Å²) in [5.41, 5.74) is 9.25. The summed E-state index contributed by atoms with van der Waals surface area (Å²) in [6.07, 6.45) is 12.8. The van der Waals surface area contributed by atoms with Crippen molar-refractivity contribution in [3.63, 3.8) is 0 Å². The van der Waals surface area contributed by atoms with Gasteiger partial charge in [0.25, 0.3) is 17.5 Å². The van der Waals surface area contributed by atoms with Gasteiger partial charge in [0.15, 0.2) is 0 Å². The molecule has 2 aromatic carbocycles. The van der Waals surface area contributed by atoms with Gasteiger partial charge in [0.05, 0.1) is 16.3 Å². The summed E-state index contributed by atoms with van der Waals surface area (Å²) in [4.78, 5) is 39.2. The van der Waals surface area contributed by atoms with Gasteiger partial charge in [0.2, 0.25) is 0 Å². The highest BCUT2D eigenvalue weighted by Gasteiger charge is 2.21. The average molecular weight is 637 g/mol. The van der Waals surface area contributed by atoms with E-state index in [2.05, 4.69) is 10.6 Å². The first-order valence-electron chi connectivity index (χ1n) is 17.5. The topological polar surface area (TPSA) is 134 Å². The predicted octanol–water partition coefficient (Wildman–Crippen LogP) is 7.81. The molecule has 2 aliphatic rings. The average Bonchev–Trinajstić information content (AvgIpc) is 3.08. The molecule has 0 aromatic heterocycles. The fraction of sp³-hybridized carbons (Fsp3) is 0.611. The zero-order chi connectivity index (χ0) is 33.5. The van der Waals surface area contributed by atoms with Crippen LogP contribution in [0.15, 0.2) is 36.4 Å². The third kappa shape index (κ3) is 10.6. The molecule has 0 saturated heterocycles. The van der Waals surface area contributed by atoms with Crippen molar-refractivity contribution in [2.75, 3.05) is 55.6 Å². The lowest BCUT2D eigenvalue weighted by Crippen LogP contribution is -2.30. The van der Waals surface area contributed by atoms with E-state index in [9.17, 15) is 19.7 Å². The van der Waals surface area contributed by atoms with Crippen molar-refractivity contribution in [1.82, 2.24) is 9.80 Å². The summed E-state index contributed by atoms with van der Waals surface area (Å²) in [5.74, 6) is 1.22. The minimum Gasteiger partial charge on any atom is -0.397 e. The Morgan fingerprint density at radius 2 is 1.13 bits per heavy atom. The molecule has 2 saturated carbocycles. The van der Waals surface area contributed by atoms with Gasteiger partial charge in [0.1, 0.15) is 5.69 Å². The maximum absolute atomic E-state index is 12.4. The zero-order valence-corrected chi connectivity index (χ0v) is 28.5. The molecule has 0 aliphatic heterocycles. The maximum atomic E-state index is 12.4. The van der Waals surface area contributed by atoms with E-state index in [0.717, 1.165) is 37.8 Å². The quantitative estimate of drug-likeness (QED) is 0.116. The SMILES string of the molecule is CCN(CC)C(=O)c1ccc(NCC2CCCCC2)c(N)c1.CCN(CC)C(=O)c1ccc(NCC2CCCCC2)c([N+](=O)[O-])c1. The minimum atomic E-state index is -0.414. The lowest BCUT2D eigenvalue weighted by atomic mass is 9.89. The van der Waals surface area contributed by atoms with Gasteiger partial charge in [-0.15, -0.1) is 0 Å². The van der Waals surface area contributed by atoms with E-state index in [0.29, 0.717) is 41.5 Å². The first-order valence-corrected chi connectivity index (χ1v) is 17.5. The number of hydrogen-bond donors (Lipinski definition) is 3. The van der Waals surface area contributed by atoms with E-state index in [1.807, 2.05) is 44.7 Å². The van der Waals surface area contributed by atoms with Crippen molar-refractivity contribution >= 4 is 34.6 Å². The molecular formula is C36H56N6O4. The van der Waals surface area contributed by atoms with Gasteiger partial charge in [-0.05, 0) is 95.5 Å². The van der Waals surface area contributed by atoms with Crippen molar-refractivity contribution in [3.05, 3.63) is 57.6 Å². The third-order valence-electron chi connectivity index (χ3n) is 9.45. The number of carbonyl (C=O) groups is 2. The van der Waals surface area contributed by atoms with Crippen LogP contribution in [-0.2, 0) is 0 Å². The summed E-state index contributed by atoms with van der Waals surface area (Å²) in [6.45, 7) is 12.1. The summed E-state index contributed by atoms with van der Waals surface area (Å²) in [6, 6.07) is 10.3. The van der Waals surface area contributed by atoms with Crippen LogP contribution in [0, 0.1) is 22.0 Å². The molecule has 0 bridgehead atoms. The molecule has 2 amide bonds. The Morgan fingerprint density at radius 3 is 1.54 bits per heavy atom. The van der Waals surface area contributed by atoms with Gasteiger partial charge in [0, 0.05) is 56.5 Å².